The normalized spacial score (nSPS) is 9.83. The fourth-order valence-electron chi connectivity index (χ4n) is 0.877. The molecule has 0 saturated heterocycles. The van der Waals surface area contributed by atoms with Crippen LogP contribution in [-0.2, 0) is 6.42 Å². The molecule has 0 radical (unpaired) electrons. The standard InChI is InChI=1S/C7H7ClN2O2/c1-2-4-5(7(11)12)6(8)10-3-9-4/h3H,2H2,1H3,(H,11,12). The number of rotatable bonds is 2. The molecule has 0 fully saturated rings. The molecular weight excluding hydrogens is 180 g/mol. The molecule has 1 aromatic heterocycles. The number of carboxylic acids is 1. The Morgan fingerprint density at radius 3 is 2.75 bits per heavy atom. The highest BCUT2D eigenvalue weighted by atomic mass is 35.5. The smallest absolute Gasteiger partial charge is 0.340 e. The third-order valence-electron chi connectivity index (χ3n) is 1.43. The second-order valence-corrected chi connectivity index (χ2v) is 2.50. The Morgan fingerprint density at radius 1 is 1.67 bits per heavy atom. The van der Waals surface area contributed by atoms with Gasteiger partial charge in [0.25, 0.3) is 0 Å². The fraction of sp³-hybridized carbons (Fsp3) is 0.286. The zero-order valence-corrected chi connectivity index (χ0v) is 7.17. The lowest BCUT2D eigenvalue weighted by Gasteiger charge is -2.01. The summed E-state index contributed by atoms with van der Waals surface area (Å²) < 4.78 is 0. The predicted molar refractivity (Wildman–Crippen MR) is 43.4 cm³/mol. The van der Waals surface area contributed by atoms with Gasteiger partial charge in [-0.05, 0) is 6.42 Å². The molecule has 0 amide bonds. The Labute approximate surface area is 74.2 Å². The van der Waals surface area contributed by atoms with Gasteiger partial charge in [-0.3, -0.25) is 0 Å². The van der Waals surface area contributed by atoms with E-state index in [1.807, 2.05) is 6.92 Å². The van der Waals surface area contributed by atoms with Gasteiger partial charge in [0.15, 0.2) is 0 Å². The highest BCUT2D eigenvalue weighted by molar-refractivity contribution is 6.32. The van der Waals surface area contributed by atoms with Crippen LogP contribution < -0.4 is 0 Å². The first kappa shape index (κ1) is 8.93. The molecule has 1 aromatic rings. The topological polar surface area (TPSA) is 63.1 Å². The van der Waals surface area contributed by atoms with Crippen molar-refractivity contribution in [1.82, 2.24) is 9.97 Å². The molecule has 64 valence electrons. The summed E-state index contributed by atoms with van der Waals surface area (Å²) >= 11 is 5.57. The maximum Gasteiger partial charge on any atom is 0.340 e. The van der Waals surface area contributed by atoms with Crippen LogP contribution in [0.2, 0.25) is 5.15 Å². The summed E-state index contributed by atoms with van der Waals surface area (Å²) in [5.41, 5.74) is 0.462. The summed E-state index contributed by atoms with van der Waals surface area (Å²) in [6, 6.07) is 0. The van der Waals surface area contributed by atoms with E-state index >= 15 is 0 Å². The molecule has 1 heterocycles. The van der Waals surface area contributed by atoms with Crippen molar-refractivity contribution >= 4 is 17.6 Å². The van der Waals surface area contributed by atoms with E-state index in [0.29, 0.717) is 12.1 Å². The first-order chi connectivity index (χ1) is 5.66. The van der Waals surface area contributed by atoms with Gasteiger partial charge in [-0.15, -0.1) is 0 Å². The SMILES string of the molecule is CCc1ncnc(Cl)c1C(=O)O. The van der Waals surface area contributed by atoms with Gasteiger partial charge in [0, 0.05) is 0 Å². The molecule has 5 heteroatoms. The summed E-state index contributed by atoms with van der Waals surface area (Å²) in [7, 11) is 0. The zero-order chi connectivity index (χ0) is 9.14. The minimum Gasteiger partial charge on any atom is -0.478 e. The van der Waals surface area contributed by atoms with Crippen LogP contribution in [0.5, 0.6) is 0 Å². The van der Waals surface area contributed by atoms with Crippen molar-refractivity contribution < 1.29 is 9.90 Å². The Hall–Kier alpha value is -1.16. The second kappa shape index (κ2) is 3.49. The molecule has 4 nitrogen and oxygen atoms in total. The minimum absolute atomic E-state index is 0.00154. The lowest BCUT2D eigenvalue weighted by molar-refractivity contribution is 0.0695. The molecule has 1 N–H and O–H groups in total. The number of halogens is 1. The number of carbonyl (C=O) groups is 1. The van der Waals surface area contributed by atoms with Gasteiger partial charge in [0.1, 0.15) is 17.0 Å². The van der Waals surface area contributed by atoms with Crippen molar-refractivity contribution in [2.75, 3.05) is 0 Å². The van der Waals surface area contributed by atoms with Crippen LogP contribution in [-0.4, -0.2) is 21.0 Å². The van der Waals surface area contributed by atoms with Crippen molar-refractivity contribution in [2.24, 2.45) is 0 Å². The van der Waals surface area contributed by atoms with E-state index < -0.39 is 5.97 Å². The number of nitrogens with zero attached hydrogens (tertiary/aromatic N) is 2. The average molecular weight is 187 g/mol. The van der Waals surface area contributed by atoms with Gasteiger partial charge in [0.2, 0.25) is 0 Å². The van der Waals surface area contributed by atoms with Crippen molar-refractivity contribution in [1.29, 1.82) is 0 Å². The molecule has 0 atom stereocenters. The van der Waals surface area contributed by atoms with Crippen LogP contribution in [0.4, 0.5) is 0 Å². The van der Waals surface area contributed by atoms with Crippen molar-refractivity contribution in [2.45, 2.75) is 13.3 Å². The largest absolute Gasteiger partial charge is 0.478 e. The number of aryl methyl sites for hydroxylation is 1. The molecule has 0 aromatic carbocycles. The van der Waals surface area contributed by atoms with E-state index in [2.05, 4.69) is 9.97 Å². The lowest BCUT2D eigenvalue weighted by Crippen LogP contribution is -2.06. The van der Waals surface area contributed by atoms with Crippen molar-refractivity contribution in [3.05, 3.63) is 22.7 Å². The van der Waals surface area contributed by atoms with Crippen LogP contribution >= 0.6 is 11.6 Å². The van der Waals surface area contributed by atoms with Crippen LogP contribution in [0.1, 0.15) is 23.0 Å². The monoisotopic (exact) mass is 186 g/mol. The summed E-state index contributed by atoms with van der Waals surface area (Å²) in [4.78, 5) is 18.0. The Kier molecular flexibility index (Phi) is 2.60. The summed E-state index contributed by atoms with van der Waals surface area (Å²) in [6.45, 7) is 1.81. The number of aromatic nitrogens is 2. The summed E-state index contributed by atoms with van der Waals surface area (Å²) in [5.74, 6) is -1.09. The van der Waals surface area contributed by atoms with E-state index in [4.69, 9.17) is 16.7 Å². The van der Waals surface area contributed by atoms with Crippen molar-refractivity contribution in [3.63, 3.8) is 0 Å². The molecule has 1 rings (SSSR count). The Bertz CT molecular complexity index is 314. The van der Waals surface area contributed by atoms with Crippen molar-refractivity contribution in [3.8, 4) is 0 Å². The van der Waals surface area contributed by atoms with Gasteiger partial charge >= 0.3 is 5.97 Å². The average Bonchev–Trinajstić information content (AvgIpc) is 2.03. The Morgan fingerprint density at radius 2 is 2.33 bits per heavy atom. The minimum atomic E-state index is -1.09. The molecular formula is C7H7ClN2O2. The molecule has 0 spiro atoms. The molecule has 0 aliphatic rings. The van der Waals surface area contributed by atoms with Crippen LogP contribution in [0.15, 0.2) is 6.33 Å². The number of hydrogen-bond acceptors (Lipinski definition) is 3. The quantitative estimate of drug-likeness (QED) is 0.709. The lowest BCUT2D eigenvalue weighted by atomic mass is 10.2. The molecule has 0 aliphatic carbocycles. The molecule has 12 heavy (non-hydrogen) atoms. The first-order valence-electron chi connectivity index (χ1n) is 3.39. The van der Waals surface area contributed by atoms with Crippen LogP contribution in [0, 0.1) is 0 Å². The van der Waals surface area contributed by atoms with E-state index in [0.717, 1.165) is 0 Å². The van der Waals surface area contributed by atoms with Gasteiger partial charge < -0.3 is 5.11 Å². The molecule has 0 unspecified atom stereocenters. The molecule has 0 bridgehead atoms. The van der Waals surface area contributed by atoms with Crippen LogP contribution in [0.25, 0.3) is 0 Å². The highest BCUT2D eigenvalue weighted by Gasteiger charge is 2.14. The van der Waals surface area contributed by atoms with Gasteiger partial charge in [-0.1, -0.05) is 18.5 Å². The maximum atomic E-state index is 10.6. The number of carboxylic acid groups (broad SMARTS) is 1. The summed E-state index contributed by atoms with van der Waals surface area (Å²) in [5, 5.41) is 8.71. The molecule has 0 saturated carbocycles. The van der Waals surface area contributed by atoms with E-state index in [-0.39, 0.29) is 10.7 Å². The van der Waals surface area contributed by atoms with E-state index in [9.17, 15) is 4.79 Å². The molecule has 0 aliphatic heterocycles. The highest BCUT2D eigenvalue weighted by Crippen LogP contribution is 2.15. The van der Waals surface area contributed by atoms with Gasteiger partial charge in [-0.25, -0.2) is 14.8 Å². The maximum absolute atomic E-state index is 10.6. The van der Waals surface area contributed by atoms with Crippen LogP contribution in [0.3, 0.4) is 0 Å². The third-order valence-corrected chi connectivity index (χ3v) is 1.71. The van der Waals surface area contributed by atoms with Gasteiger partial charge in [-0.2, -0.15) is 0 Å². The summed E-state index contributed by atoms with van der Waals surface area (Å²) in [6.07, 6.45) is 1.79. The van der Waals surface area contributed by atoms with Gasteiger partial charge in [0.05, 0.1) is 5.69 Å². The fourth-order valence-corrected chi connectivity index (χ4v) is 1.11. The second-order valence-electron chi connectivity index (χ2n) is 2.14. The Balaban J connectivity index is 3.29. The van der Waals surface area contributed by atoms with E-state index in [1.54, 1.807) is 0 Å². The van der Waals surface area contributed by atoms with E-state index in [1.165, 1.54) is 6.33 Å². The number of hydrogen-bond donors (Lipinski definition) is 1. The zero-order valence-electron chi connectivity index (χ0n) is 6.41. The first-order valence-corrected chi connectivity index (χ1v) is 3.77. The third kappa shape index (κ3) is 1.53. The predicted octanol–water partition coefficient (Wildman–Crippen LogP) is 1.39. The number of aromatic carboxylic acids is 1.